The Labute approximate surface area is 104 Å². The monoisotopic (exact) mass is 261 g/mol. The molecule has 1 N–H and O–H groups in total. The molecule has 102 valence electrons. The van der Waals surface area contributed by atoms with Gasteiger partial charge >= 0.3 is 6.18 Å². The summed E-state index contributed by atoms with van der Waals surface area (Å²) in [4.78, 5) is 4.10. The Hall–Kier alpha value is -1.20. The Morgan fingerprint density at radius 2 is 2.00 bits per heavy atom. The second-order valence-corrected chi connectivity index (χ2v) is 4.74. The predicted molar refractivity (Wildman–Crippen MR) is 63.5 cm³/mol. The van der Waals surface area contributed by atoms with Gasteiger partial charge in [-0.15, -0.1) is 0 Å². The van der Waals surface area contributed by atoms with Gasteiger partial charge in [-0.05, 0) is 12.8 Å². The van der Waals surface area contributed by atoms with Gasteiger partial charge in [-0.3, -0.25) is 0 Å². The average molecular weight is 261 g/mol. The van der Waals surface area contributed by atoms with Crippen molar-refractivity contribution in [2.45, 2.75) is 50.7 Å². The van der Waals surface area contributed by atoms with Crippen LogP contribution in [0.15, 0.2) is 12.4 Å². The third kappa shape index (κ3) is 3.65. The van der Waals surface area contributed by atoms with Gasteiger partial charge in [0.05, 0.1) is 6.42 Å². The standard InChI is InChI=1S/C12H18F3N3/c13-12(14,15)6-7-16-11-17-8-9-18(11)10-4-2-1-3-5-10/h8-10H,1-7H2,(H,16,17). The number of nitrogens with zero attached hydrogens (tertiary/aromatic N) is 2. The van der Waals surface area contributed by atoms with Crippen LogP contribution in [0.5, 0.6) is 0 Å². The normalized spacial score (nSPS) is 17.9. The van der Waals surface area contributed by atoms with E-state index in [9.17, 15) is 13.2 Å². The maximum Gasteiger partial charge on any atom is 0.390 e. The quantitative estimate of drug-likeness (QED) is 0.894. The summed E-state index contributed by atoms with van der Waals surface area (Å²) < 4.78 is 38.2. The summed E-state index contributed by atoms with van der Waals surface area (Å²) in [5.74, 6) is 0.561. The highest BCUT2D eigenvalue weighted by Crippen LogP contribution is 2.30. The number of nitrogens with one attached hydrogen (secondary N) is 1. The molecular formula is C12H18F3N3. The van der Waals surface area contributed by atoms with E-state index in [1.165, 1.54) is 19.3 Å². The van der Waals surface area contributed by atoms with Crippen LogP contribution in [0.2, 0.25) is 0 Å². The van der Waals surface area contributed by atoms with Gasteiger partial charge in [-0.2, -0.15) is 13.2 Å². The topological polar surface area (TPSA) is 29.9 Å². The van der Waals surface area contributed by atoms with Crippen LogP contribution in [-0.4, -0.2) is 22.3 Å². The Bertz CT molecular complexity index is 367. The van der Waals surface area contributed by atoms with Gasteiger partial charge in [-0.1, -0.05) is 19.3 Å². The summed E-state index contributed by atoms with van der Waals surface area (Å²) in [5.41, 5.74) is 0. The first-order valence-corrected chi connectivity index (χ1v) is 6.40. The molecule has 1 aromatic heterocycles. The minimum Gasteiger partial charge on any atom is -0.355 e. The van der Waals surface area contributed by atoms with Crippen LogP contribution in [0.3, 0.4) is 0 Å². The number of anilines is 1. The van der Waals surface area contributed by atoms with Gasteiger partial charge in [-0.25, -0.2) is 4.98 Å². The van der Waals surface area contributed by atoms with E-state index in [0.29, 0.717) is 12.0 Å². The van der Waals surface area contributed by atoms with E-state index in [2.05, 4.69) is 10.3 Å². The number of halogens is 3. The molecule has 0 aromatic carbocycles. The van der Waals surface area contributed by atoms with E-state index in [0.717, 1.165) is 12.8 Å². The lowest BCUT2D eigenvalue weighted by Crippen LogP contribution is -2.19. The van der Waals surface area contributed by atoms with Crippen molar-refractivity contribution in [3.63, 3.8) is 0 Å². The molecule has 0 spiro atoms. The summed E-state index contributed by atoms with van der Waals surface area (Å²) >= 11 is 0. The van der Waals surface area contributed by atoms with Crippen molar-refractivity contribution in [2.75, 3.05) is 11.9 Å². The van der Waals surface area contributed by atoms with Gasteiger partial charge in [0.1, 0.15) is 0 Å². The fourth-order valence-electron chi connectivity index (χ4n) is 2.42. The van der Waals surface area contributed by atoms with Crippen molar-refractivity contribution in [3.8, 4) is 0 Å². The first-order valence-electron chi connectivity index (χ1n) is 6.40. The minimum absolute atomic E-state index is 0.118. The molecule has 0 radical (unpaired) electrons. The zero-order valence-corrected chi connectivity index (χ0v) is 10.2. The van der Waals surface area contributed by atoms with E-state index in [1.807, 2.05) is 10.8 Å². The molecule has 18 heavy (non-hydrogen) atoms. The van der Waals surface area contributed by atoms with Crippen LogP contribution < -0.4 is 5.32 Å². The first-order chi connectivity index (χ1) is 8.56. The molecule has 0 bridgehead atoms. The lowest BCUT2D eigenvalue weighted by atomic mass is 9.95. The van der Waals surface area contributed by atoms with Gasteiger partial charge in [0.2, 0.25) is 5.95 Å². The number of hydrogen-bond donors (Lipinski definition) is 1. The Kier molecular flexibility index (Phi) is 4.14. The summed E-state index contributed by atoms with van der Waals surface area (Å²) in [6.45, 7) is -0.118. The maximum absolute atomic E-state index is 12.1. The van der Waals surface area contributed by atoms with E-state index in [-0.39, 0.29) is 6.54 Å². The largest absolute Gasteiger partial charge is 0.390 e. The third-order valence-electron chi connectivity index (χ3n) is 3.33. The molecule has 0 amide bonds. The summed E-state index contributed by atoms with van der Waals surface area (Å²) in [7, 11) is 0. The number of aromatic nitrogens is 2. The number of alkyl halides is 3. The lowest BCUT2D eigenvalue weighted by molar-refractivity contribution is -0.131. The smallest absolute Gasteiger partial charge is 0.355 e. The Morgan fingerprint density at radius 3 is 2.67 bits per heavy atom. The second-order valence-electron chi connectivity index (χ2n) is 4.74. The molecule has 0 saturated heterocycles. The van der Waals surface area contributed by atoms with E-state index in [1.54, 1.807) is 6.20 Å². The van der Waals surface area contributed by atoms with Crippen LogP contribution in [-0.2, 0) is 0 Å². The molecule has 1 heterocycles. The fourth-order valence-corrected chi connectivity index (χ4v) is 2.42. The molecule has 0 aliphatic heterocycles. The van der Waals surface area contributed by atoms with Crippen LogP contribution in [0, 0.1) is 0 Å². The van der Waals surface area contributed by atoms with Crippen LogP contribution in [0.25, 0.3) is 0 Å². The number of rotatable bonds is 4. The van der Waals surface area contributed by atoms with Gasteiger partial charge in [0, 0.05) is 25.0 Å². The zero-order chi connectivity index (χ0) is 13.0. The molecule has 1 aliphatic carbocycles. The summed E-state index contributed by atoms with van der Waals surface area (Å²) in [6.07, 6.45) is 4.35. The average Bonchev–Trinajstić information content (AvgIpc) is 2.77. The first kappa shape index (κ1) is 13.2. The molecule has 2 rings (SSSR count). The second kappa shape index (κ2) is 5.63. The highest BCUT2D eigenvalue weighted by molar-refractivity contribution is 5.26. The predicted octanol–water partition coefficient (Wildman–Crippen LogP) is 3.75. The molecule has 0 unspecified atom stereocenters. The SMILES string of the molecule is FC(F)(F)CCNc1nccn1C1CCCCC1. The number of imidazole rings is 1. The molecule has 1 saturated carbocycles. The molecule has 1 fully saturated rings. The highest BCUT2D eigenvalue weighted by atomic mass is 19.4. The van der Waals surface area contributed by atoms with Crippen LogP contribution in [0.4, 0.5) is 19.1 Å². The summed E-state index contributed by atoms with van der Waals surface area (Å²) in [6, 6.07) is 0.384. The van der Waals surface area contributed by atoms with Crippen molar-refractivity contribution in [3.05, 3.63) is 12.4 Å². The van der Waals surface area contributed by atoms with Gasteiger partial charge in [0.25, 0.3) is 0 Å². The third-order valence-corrected chi connectivity index (χ3v) is 3.33. The zero-order valence-electron chi connectivity index (χ0n) is 10.2. The fraction of sp³-hybridized carbons (Fsp3) is 0.750. The number of hydrogen-bond acceptors (Lipinski definition) is 2. The van der Waals surface area contributed by atoms with Crippen molar-refractivity contribution in [2.24, 2.45) is 0 Å². The van der Waals surface area contributed by atoms with Gasteiger partial charge in [0.15, 0.2) is 0 Å². The van der Waals surface area contributed by atoms with E-state index < -0.39 is 12.6 Å². The van der Waals surface area contributed by atoms with Crippen LogP contribution >= 0.6 is 0 Å². The molecule has 0 atom stereocenters. The van der Waals surface area contributed by atoms with Crippen molar-refractivity contribution >= 4 is 5.95 Å². The lowest BCUT2D eigenvalue weighted by Gasteiger charge is -2.24. The minimum atomic E-state index is -4.12. The van der Waals surface area contributed by atoms with Crippen molar-refractivity contribution in [1.29, 1.82) is 0 Å². The van der Waals surface area contributed by atoms with E-state index in [4.69, 9.17) is 0 Å². The van der Waals surface area contributed by atoms with Gasteiger partial charge < -0.3 is 9.88 Å². The summed E-state index contributed by atoms with van der Waals surface area (Å²) in [5, 5.41) is 2.78. The molecule has 6 heteroatoms. The molecule has 1 aliphatic rings. The highest BCUT2D eigenvalue weighted by Gasteiger charge is 2.26. The van der Waals surface area contributed by atoms with E-state index >= 15 is 0 Å². The van der Waals surface area contributed by atoms with Crippen molar-refractivity contribution in [1.82, 2.24) is 9.55 Å². The van der Waals surface area contributed by atoms with Crippen LogP contribution in [0.1, 0.15) is 44.6 Å². The Balaban J connectivity index is 1.91. The van der Waals surface area contributed by atoms with Crippen molar-refractivity contribution < 1.29 is 13.2 Å². The Morgan fingerprint density at radius 1 is 1.28 bits per heavy atom. The maximum atomic E-state index is 12.1. The molecular weight excluding hydrogens is 243 g/mol. The molecule has 1 aromatic rings. The molecule has 3 nitrogen and oxygen atoms in total.